The van der Waals surface area contributed by atoms with Crippen molar-refractivity contribution in [3.05, 3.63) is 76.7 Å². The van der Waals surface area contributed by atoms with Gasteiger partial charge in [-0.15, -0.1) is 0 Å². The number of anilines is 1. The predicted molar refractivity (Wildman–Crippen MR) is 117 cm³/mol. The molecule has 1 aliphatic heterocycles. The largest absolute Gasteiger partial charge is 0.495 e. The second-order valence-corrected chi connectivity index (χ2v) is 9.28. The monoisotopic (exact) mass is 440 g/mol. The van der Waals surface area contributed by atoms with Gasteiger partial charge in [0.25, 0.3) is 15.9 Å². The van der Waals surface area contributed by atoms with E-state index in [4.69, 9.17) is 9.15 Å². The van der Waals surface area contributed by atoms with Crippen LogP contribution < -0.4 is 9.46 Å². The molecule has 31 heavy (non-hydrogen) atoms. The minimum absolute atomic E-state index is 0.0884. The first-order valence-corrected chi connectivity index (χ1v) is 11.4. The number of methoxy groups -OCH3 is 1. The molecule has 2 aromatic carbocycles. The van der Waals surface area contributed by atoms with E-state index >= 15 is 0 Å². The van der Waals surface area contributed by atoms with Crippen LogP contribution in [-0.4, -0.2) is 32.9 Å². The third kappa shape index (κ3) is 4.16. The number of carbonyl (C=O) groups excluding carboxylic acids is 1. The zero-order valence-corrected chi connectivity index (χ0v) is 18.5. The van der Waals surface area contributed by atoms with E-state index in [1.807, 2.05) is 19.9 Å². The molecule has 162 valence electrons. The van der Waals surface area contributed by atoms with Crippen molar-refractivity contribution in [1.29, 1.82) is 0 Å². The van der Waals surface area contributed by atoms with Gasteiger partial charge in [0.2, 0.25) is 0 Å². The number of furan rings is 1. The van der Waals surface area contributed by atoms with Gasteiger partial charge < -0.3 is 14.1 Å². The number of fused-ring (bicyclic) bond motifs is 1. The topological polar surface area (TPSA) is 88.9 Å². The summed E-state index contributed by atoms with van der Waals surface area (Å²) in [5.74, 6) is 0.410. The molecule has 8 heteroatoms. The molecule has 7 nitrogen and oxygen atoms in total. The van der Waals surface area contributed by atoms with Gasteiger partial charge in [-0.2, -0.15) is 0 Å². The lowest BCUT2D eigenvalue weighted by atomic mass is 9.99. The quantitative estimate of drug-likeness (QED) is 0.650. The Kier molecular flexibility index (Phi) is 5.49. The fraction of sp³-hybridized carbons (Fsp3) is 0.261. The summed E-state index contributed by atoms with van der Waals surface area (Å²) in [6.45, 7) is 4.73. The molecular formula is C23H24N2O5S. The van der Waals surface area contributed by atoms with Crippen molar-refractivity contribution >= 4 is 21.6 Å². The fourth-order valence-corrected chi connectivity index (χ4v) is 4.98. The van der Waals surface area contributed by atoms with Crippen molar-refractivity contribution in [3.63, 3.8) is 0 Å². The Morgan fingerprint density at radius 1 is 1.10 bits per heavy atom. The molecule has 0 spiro atoms. The highest BCUT2D eigenvalue weighted by molar-refractivity contribution is 7.92. The number of rotatable bonds is 5. The summed E-state index contributed by atoms with van der Waals surface area (Å²) in [5, 5.41) is 0. The molecule has 0 radical (unpaired) electrons. The number of carbonyl (C=O) groups is 1. The maximum absolute atomic E-state index is 13.1. The highest BCUT2D eigenvalue weighted by Crippen LogP contribution is 2.30. The van der Waals surface area contributed by atoms with Gasteiger partial charge in [0.1, 0.15) is 10.6 Å². The van der Waals surface area contributed by atoms with Gasteiger partial charge in [0.15, 0.2) is 5.76 Å². The maximum Gasteiger partial charge on any atom is 0.289 e. The summed E-state index contributed by atoms with van der Waals surface area (Å²) in [6.07, 6.45) is 2.17. The lowest BCUT2D eigenvalue weighted by Crippen LogP contribution is -2.35. The van der Waals surface area contributed by atoms with Crippen LogP contribution in [0.25, 0.3) is 0 Å². The molecule has 1 aromatic heterocycles. The number of ether oxygens (including phenoxy) is 1. The van der Waals surface area contributed by atoms with Crippen LogP contribution in [0, 0.1) is 13.8 Å². The van der Waals surface area contributed by atoms with Crippen molar-refractivity contribution in [2.45, 2.75) is 31.7 Å². The highest BCUT2D eigenvalue weighted by Gasteiger charge is 2.25. The Labute approximate surface area is 181 Å². The normalized spacial score (nSPS) is 13.6. The molecule has 3 aromatic rings. The third-order valence-electron chi connectivity index (χ3n) is 5.56. The van der Waals surface area contributed by atoms with E-state index in [9.17, 15) is 13.2 Å². The lowest BCUT2D eigenvalue weighted by Gasteiger charge is -2.28. The molecule has 1 aliphatic rings. The third-order valence-corrected chi connectivity index (χ3v) is 6.96. The Morgan fingerprint density at radius 2 is 1.87 bits per heavy atom. The fourth-order valence-electron chi connectivity index (χ4n) is 3.69. The zero-order valence-electron chi connectivity index (χ0n) is 17.6. The van der Waals surface area contributed by atoms with E-state index in [0.717, 1.165) is 22.3 Å². The summed E-state index contributed by atoms with van der Waals surface area (Å²) in [5.41, 5.74) is 4.24. The van der Waals surface area contributed by atoms with E-state index in [0.29, 0.717) is 36.7 Å². The average Bonchev–Trinajstić information content (AvgIpc) is 3.29. The number of aryl methyl sites for hydroxylation is 2. The van der Waals surface area contributed by atoms with E-state index in [2.05, 4.69) is 4.72 Å². The number of amides is 1. The van der Waals surface area contributed by atoms with Crippen molar-refractivity contribution in [2.75, 3.05) is 18.4 Å². The minimum atomic E-state index is -3.86. The molecule has 4 rings (SSSR count). The first-order chi connectivity index (χ1) is 14.8. The number of hydrogen-bond acceptors (Lipinski definition) is 5. The molecule has 0 fully saturated rings. The van der Waals surface area contributed by atoms with Gasteiger partial charge in [-0.3, -0.25) is 9.52 Å². The van der Waals surface area contributed by atoms with Crippen LogP contribution in [0.4, 0.5) is 5.69 Å². The van der Waals surface area contributed by atoms with Crippen LogP contribution in [0.5, 0.6) is 5.75 Å². The standard InChI is InChI=1S/C23H24N2O5S/c1-15-11-21(29-3)22(12-16(15)2)31(27,28)24-19-7-6-17-8-9-25(14-18(17)13-19)23(26)20-5-4-10-30-20/h4-7,10-13,24H,8-9,14H2,1-3H3. The SMILES string of the molecule is COc1cc(C)c(C)cc1S(=O)(=O)Nc1ccc2c(c1)CN(C(=O)c1ccco1)CC2. The number of sulfonamides is 1. The number of benzene rings is 2. The van der Waals surface area contributed by atoms with Crippen LogP contribution in [0.15, 0.2) is 58.0 Å². The smallest absolute Gasteiger partial charge is 0.289 e. The number of hydrogen-bond donors (Lipinski definition) is 1. The maximum atomic E-state index is 13.1. The summed E-state index contributed by atoms with van der Waals surface area (Å²) >= 11 is 0. The van der Waals surface area contributed by atoms with Gasteiger partial charge in [-0.1, -0.05) is 6.07 Å². The van der Waals surface area contributed by atoms with Crippen molar-refractivity contribution in [2.24, 2.45) is 0 Å². The van der Waals surface area contributed by atoms with Crippen molar-refractivity contribution in [1.82, 2.24) is 4.90 Å². The molecular weight excluding hydrogens is 416 g/mol. The Hall–Kier alpha value is -3.26. The number of nitrogens with one attached hydrogen (secondary N) is 1. The molecule has 0 saturated carbocycles. The summed E-state index contributed by atoms with van der Waals surface area (Å²) in [4.78, 5) is 14.4. The highest BCUT2D eigenvalue weighted by atomic mass is 32.2. The van der Waals surface area contributed by atoms with Crippen LogP contribution >= 0.6 is 0 Å². The van der Waals surface area contributed by atoms with Gasteiger partial charge in [-0.05, 0) is 78.9 Å². The molecule has 0 atom stereocenters. The van der Waals surface area contributed by atoms with Crippen molar-refractivity contribution < 1.29 is 22.4 Å². The average molecular weight is 441 g/mol. The van der Waals surface area contributed by atoms with Gasteiger partial charge in [0, 0.05) is 18.8 Å². The van der Waals surface area contributed by atoms with E-state index < -0.39 is 10.0 Å². The molecule has 1 N–H and O–H groups in total. The molecule has 2 heterocycles. The zero-order chi connectivity index (χ0) is 22.2. The minimum Gasteiger partial charge on any atom is -0.495 e. The second-order valence-electron chi connectivity index (χ2n) is 7.63. The number of nitrogens with zero attached hydrogens (tertiary/aromatic N) is 1. The molecule has 0 bridgehead atoms. The Morgan fingerprint density at radius 3 is 2.58 bits per heavy atom. The van der Waals surface area contributed by atoms with Gasteiger partial charge >= 0.3 is 0 Å². The molecule has 0 saturated heterocycles. The molecule has 0 aliphatic carbocycles. The van der Waals surface area contributed by atoms with Crippen molar-refractivity contribution in [3.8, 4) is 5.75 Å². The van der Waals surface area contributed by atoms with Gasteiger partial charge in [0.05, 0.1) is 13.4 Å². The predicted octanol–water partition coefficient (Wildman–Crippen LogP) is 3.90. The molecule has 1 amide bonds. The Balaban J connectivity index is 1.59. The van der Waals surface area contributed by atoms with Crippen LogP contribution in [0.3, 0.4) is 0 Å². The van der Waals surface area contributed by atoms with Gasteiger partial charge in [-0.25, -0.2) is 8.42 Å². The van der Waals surface area contributed by atoms with Crippen LogP contribution in [0.1, 0.15) is 32.8 Å². The molecule has 0 unspecified atom stereocenters. The first-order valence-electron chi connectivity index (χ1n) is 9.91. The second kappa shape index (κ2) is 8.11. The van der Waals surface area contributed by atoms with Crippen LogP contribution in [-0.2, 0) is 23.0 Å². The van der Waals surface area contributed by atoms with E-state index in [1.165, 1.54) is 13.4 Å². The Bertz CT molecular complexity index is 1230. The van der Waals surface area contributed by atoms with E-state index in [-0.39, 0.29) is 10.8 Å². The van der Waals surface area contributed by atoms with Crippen LogP contribution in [0.2, 0.25) is 0 Å². The summed E-state index contributed by atoms with van der Waals surface area (Å²) in [7, 11) is -2.41. The summed E-state index contributed by atoms with van der Waals surface area (Å²) in [6, 6.07) is 12.1. The lowest BCUT2D eigenvalue weighted by molar-refractivity contribution is 0.0702. The summed E-state index contributed by atoms with van der Waals surface area (Å²) < 4.78 is 39.3. The first kappa shape index (κ1) is 21.0. The van der Waals surface area contributed by atoms with E-state index in [1.54, 1.807) is 41.3 Å².